The summed E-state index contributed by atoms with van der Waals surface area (Å²) in [5, 5.41) is 11.3. The van der Waals surface area contributed by atoms with Crippen LogP contribution in [0.25, 0.3) is 10.2 Å². The Morgan fingerprint density at radius 3 is 2.80 bits per heavy atom. The molecule has 100 valence electrons. The fraction of sp³-hybridized carbons (Fsp3) is 0. The van der Waals surface area contributed by atoms with Gasteiger partial charge < -0.3 is 5.73 Å². The van der Waals surface area contributed by atoms with Crippen LogP contribution in [0.5, 0.6) is 0 Å². The number of para-hydroxylation sites is 1. The molecule has 2 heterocycles. The van der Waals surface area contributed by atoms with Crippen LogP contribution in [-0.2, 0) is 0 Å². The van der Waals surface area contributed by atoms with Crippen molar-refractivity contribution in [2.24, 2.45) is 0 Å². The summed E-state index contributed by atoms with van der Waals surface area (Å²) in [7, 11) is 0. The van der Waals surface area contributed by atoms with Gasteiger partial charge in [0.1, 0.15) is 10.8 Å². The van der Waals surface area contributed by atoms with E-state index in [9.17, 15) is 10.1 Å². The van der Waals surface area contributed by atoms with Crippen molar-refractivity contribution in [2.45, 2.75) is 9.37 Å². The van der Waals surface area contributed by atoms with Crippen molar-refractivity contribution in [3.63, 3.8) is 0 Å². The number of anilines is 1. The van der Waals surface area contributed by atoms with E-state index >= 15 is 0 Å². The van der Waals surface area contributed by atoms with Crippen molar-refractivity contribution >= 4 is 44.8 Å². The highest BCUT2D eigenvalue weighted by atomic mass is 32.2. The highest BCUT2D eigenvalue weighted by Gasteiger charge is 2.12. The maximum atomic E-state index is 10.8. The molecule has 0 aliphatic rings. The van der Waals surface area contributed by atoms with E-state index in [2.05, 4.69) is 9.97 Å². The van der Waals surface area contributed by atoms with Gasteiger partial charge in [-0.15, -0.1) is 11.3 Å². The number of nitrogens with two attached hydrogens (primary N) is 1. The molecule has 20 heavy (non-hydrogen) atoms. The minimum atomic E-state index is -0.486. The number of nitrogen functional groups attached to an aromatic ring is 1. The molecule has 3 aromatic rings. The van der Waals surface area contributed by atoms with Crippen LogP contribution in [0.15, 0.2) is 45.8 Å². The maximum absolute atomic E-state index is 10.8. The summed E-state index contributed by atoms with van der Waals surface area (Å²) in [6.45, 7) is 0. The Balaban J connectivity index is 1.96. The van der Waals surface area contributed by atoms with Crippen LogP contribution < -0.4 is 5.73 Å². The number of fused-ring (bicyclic) bond motifs is 1. The second kappa shape index (κ2) is 5.06. The van der Waals surface area contributed by atoms with Crippen LogP contribution >= 0.6 is 23.1 Å². The standard InChI is InChI=1S/C12H8N4O2S2/c13-10-5-7(16(17)18)6-11(15-10)20-12-14-8-3-1-2-4-9(8)19-12/h1-6H,(H2,13,15). The van der Waals surface area contributed by atoms with E-state index in [1.165, 1.54) is 35.2 Å². The fourth-order valence-corrected chi connectivity index (χ4v) is 3.70. The maximum Gasteiger partial charge on any atom is 0.275 e. The summed E-state index contributed by atoms with van der Waals surface area (Å²) < 4.78 is 1.84. The molecule has 6 nitrogen and oxygen atoms in total. The number of aromatic nitrogens is 2. The van der Waals surface area contributed by atoms with E-state index in [0.717, 1.165) is 14.6 Å². The van der Waals surface area contributed by atoms with Crippen molar-refractivity contribution in [2.75, 3.05) is 5.73 Å². The van der Waals surface area contributed by atoms with Crippen molar-refractivity contribution in [3.05, 3.63) is 46.5 Å². The first-order valence-electron chi connectivity index (χ1n) is 5.57. The molecule has 0 atom stereocenters. The number of nitrogens with zero attached hydrogens (tertiary/aromatic N) is 3. The van der Waals surface area contributed by atoms with Crippen molar-refractivity contribution < 1.29 is 4.92 Å². The van der Waals surface area contributed by atoms with Crippen molar-refractivity contribution in [3.8, 4) is 0 Å². The Morgan fingerprint density at radius 2 is 2.05 bits per heavy atom. The minimum absolute atomic E-state index is 0.0684. The molecule has 0 aliphatic carbocycles. The molecule has 0 saturated heterocycles. The number of nitro groups is 1. The van der Waals surface area contributed by atoms with Crippen LogP contribution in [0, 0.1) is 10.1 Å². The third-order valence-corrected chi connectivity index (χ3v) is 4.50. The minimum Gasteiger partial charge on any atom is -0.383 e. The smallest absolute Gasteiger partial charge is 0.275 e. The highest BCUT2D eigenvalue weighted by molar-refractivity contribution is 8.01. The van der Waals surface area contributed by atoms with Gasteiger partial charge in [0, 0.05) is 6.07 Å². The number of rotatable bonds is 3. The number of pyridine rings is 1. The van der Waals surface area contributed by atoms with Crippen LogP contribution in [-0.4, -0.2) is 14.9 Å². The summed E-state index contributed by atoms with van der Waals surface area (Å²) in [5.41, 5.74) is 6.41. The van der Waals surface area contributed by atoms with E-state index in [-0.39, 0.29) is 11.5 Å². The molecule has 0 bridgehead atoms. The Bertz CT molecular complexity index is 770. The molecule has 0 spiro atoms. The van der Waals surface area contributed by atoms with Gasteiger partial charge in [0.2, 0.25) is 0 Å². The summed E-state index contributed by atoms with van der Waals surface area (Å²) in [6.07, 6.45) is 0. The van der Waals surface area contributed by atoms with Gasteiger partial charge in [-0.3, -0.25) is 10.1 Å². The summed E-state index contributed by atoms with van der Waals surface area (Å²) in [6, 6.07) is 10.4. The Morgan fingerprint density at radius 1 is 1.25 bits per heavy atom. The first-order chi connectivity index (χ1) is 9.61. The molecule has 3 rings (SSSR count). The largest absolute Gasteiger partial charge is 0.383 e. The van der Waals surface area contributed by atoms with E-state index in [0.29, 0.717) is 5.03 Å². The van der Waals surface area contributed by atoms with Gasteiger partial charge in [-0.2, -0.15) is 0 Å². The van der Waals surface area contributed by atoms with Crippen LogP contribution in [0.1, 0.15) is 0 Å². The lowest BCUT2D eigenvalue weighted by Crippen LogP contribution is -1.95. The van der Waals surface area contributed by atoms with E-state index < -0.39 is 4.92 Å². The van der Waals surface area contributed by atoms with Gasteiger partial charge in [0.15, 0.2) is 4.34 Å². The molecule has 2 aromatic heterocycles. The monoisotopic (exact) mass is 304 g/mol. The molecule has 0 radical (unpaired) electrons. The molecule has 0 aliphatic heterocycles. The van der Waals surface area contributed by atoms with Gasteiger partial charge in [-0.05, 0) is 23.9 Å². The quantitative estimate of drug-likeness (QED) is 0.589. The fourth-order valence-electron chi connectivity index (χ4n) is 1.65. The zero-order chi connectivity index (χ0) is 14.1. The average Bonchev–Trinajstić information content (AvgIpc) is 2.79. The predicted molar refractivity (Wildman–Crippen MR) is 79.0 cm³/mol. The Labute approximate surface area is 121 Å². The van der Waals surface area contributed by atoms with Gasteiger partial charge in [-0.25, -0.2) is 9.97 Å². The zero-order valence-electron chi connectivity index (χ0n) is 10.0. The second-order valence-electron chi connectivity index (χ2n) is 3.90. The normalized spacial score (nSPS) is 10.8. The molecular formula is C12H8N4O2S2. The predicted octanol–water partition coefficient (Wildman–Crippen LogP) is 3.33. The number of benzene rings is 1. The lowest BCUT2D eigenvalue weighted by atomic mass is 10.3. The highest BCUT2D eigenvalue weighted by Crippen LogP contribution is 2.34. The topological polar surface area (TPSA) is 94.9 Å². The van der Waals surface area contributed by atoms with Gasteiger partial charge in [0.25, 0.3) is 5.69 Å². The molecule has 1 aromatic carbocycles. The molecule has 8 heteroatoms. The molecule has 0 unspecified atom stereocenters. The second-order valence-corrected chi connectivity index (χ2v) is 6.19. The Hall–Kier alpha value is -2.19. The third kappa shape index (κ3) is 2.56. The summed E-state index contributed by atoms with van der Waals surface area (Å²) in [5.74, 6) is 0.128. The van der Waals surface area contributed by atoms with E-state index in [1.807, 2.05) is 24.3 Å². The van der Waals surface area contributed by atoms with E-state index in [1.54, 1.807) is 0 Å². The van der Waals surface area contributed by atoms with Gasteiger partial charge >= 0.3 is 0 Å². The number of hydrogen-bond acceptors (Lipinski definition) is 7. The average molecular weight is 304 g/mol. The summed E-state index contributed by atoms with van der Waals surface area (Å²) >= 11 is 2.78. The first-order valence-corrected chi connectivity index (χ1v) is 7.20. The molecule has 2 N–H and O–H groups in total. The molecule has 0 saturated carbocycles. The van der Waals surface area contributed by atoms with Crippen molar-refractivity contribution in [1.29, 1.82) is 0 Å². The Kier molecular flexibility index (Phi) is 3.25. The number of thiazole rings is 1. The molecular weight excluding hydrogens is 296 g/mol. The lowest BCUT2D eigenvalue weighted by Gasteiger charge is -1.99. The lowest BCUT2D eigenvalue weighted by molar-refractivity contribution is -0.385. The number of hydrogen-bond donors (Lipinski definition) is 1. The van der Waals surface area contributed by atoms with Gasteiger partial charge in [0.05, 0.1) is 21.2 Å². The van der Waals surface area contributed by atoms with Crippen LogP contribution in [0.3, 0.4) is 0 Å². The van der Waals surface area contributed by atoms with Crippen molar-refractivity contribution in [1.82, 2.24) is 9.97 Å². The van der Waals surface area contributed by atoms with E-state index in [4.69, 9.17) is 5.73 Å². The SMILES string of the molecule is Nc1cc([N+](=O)[O-])cc(Sc2nc3ccccc3s2)n1. The molecule has 0 amide bonds. The van der Waals surface area contributed by atoms with Crippen LogP contribution in [0.4, 0.5) is 11.5 Å². The third-order valence-electron chi connectivity index (χ3n) is 2.48. The summed E-state index contributed by atoms with van der Waals surface area (Å²) in [4.78, 5) is 18.8. The van der Waals surface area contributed by atoms with Crippen LogP contribution in [0.2, 0.25) is 0 Å². The molecule has 0 fully saturated rings. The van der Waals surface area contributed by atoms with Gasteiger partial charge in [-0.1, -0.05) is 12.1 Å². The first kappa shape index (κ1) is 12.8. The zero-order valence-corrected chi connectivity index (χ0v) is 11.6.